The first kappa shape index (κ1) is 33.7. The van der Waals surface area contributed by atoms with Crippen molar-refractivity contribution >= 4 is 17.6 Å². The monoisotopic (exact) mass is 668 g/mol. The van der Waals surface area contributed by atoms with Crippen molar-refractivity contribution in [2.24, 2.45) is 0 Å². The van der Waals surface area contributed by atoms with Crippen LogP contribution < -0.4 is 19.8 Å². The lowest BCUT2D eigenvalue weighted by molar-refractivity contribution is 0.0688. The summed E-state index contributed by atoms with van der Waals surface area (Å²) in [5.74, 6) is -1.40. The molecule has 0 aliphatic heterocycles. The fraction of sp³-hybridized carbons (Fsp3) is 0.257. The molecule has 13 heteroatoms. The maximum absolute atomic E-state index is 14.0. The Labute approximate surface area is 281 Å². The molecule has 1 atom stereocenters. The number of rotatable bonds is 12. The third-order valence-corrected chi connectivity index (χ3v) is 8.09. The second kappa shape index (κ2) is 14.4. The van der Waals surface area contributed by atoms with Gasteiger partial charge in [0.1, 0.15) is 11.4 Å². The molecule has 1 N–H and O–H groups in total. The third-order valence-electron chi connectivity index (χ3n) is 7.88. The molecule has 5 aromatic rings. The van der Waals surface area contributed by atoms with E-state index in [0.717, 1.165) is 5.56 Å². The van der Waals surface area contributed by atoms with Crippen LogP contribution in [-0.4, -0.2) is 56.7 Å². The molecule has 0 aliphatic rings. The number of pyridine rings is 1. The number of halogens is 1. The quantitative estimate of drug-likeness (QED) is 0.177. The maximum Gasteiger partial charge on any atom is 0.356 e. The topological polar surface area (TPSA) is 154 Å². The highest BCUT2D eigenvalue weighted by Crippen LogP contribution is 2.39. The van der Waals surface area contributed by atoms with Gasteiger partial charge in [-0.15, -0.1) is 0 Å². The van der Waals surface area contributed by atoms with Crippen LogP contribution in [0.25, 0.3) is 5.69 Å². The molecular weight excluding hydrogens is 636 g/mol. The SMILES string of the molecule is COc1ccc(Cn2cc(Cl)cc(CC(c3ccc(C#N)cc3)c3c(C(=O)O)nn(-c4cnc(OC)nc4OC)c3C(C)C)c2=O)cc1. The summed E-state index contributed by atoms with van der Waals surface area (Å²) in [6, 6.07) is 18.0. The molecule has 48 heavy (non-hydrogen) atoms. The minimum atomic E-state index is -1.26. The van der Waals surface area contributed by atoms with E-state index >= 15 is 0 Å². The van der Waals surface area contributed by atoms with Crippen molar-refractivity contribution in [1.29, 1.82) is 5.26 Å². The number of carbonyl (C=O) groups is 1. The molecule has 246 valence electrons. The minimum absolute atomic E-state index is 0.0647. The maximum atomic E-state index is 14.0. The van der Waals surface area contributed by atoms with Crippen molar-refractivity contribution in [2.75, 3.05) is 21.3 Å². The predicted octanol–water partition coefficient (Wildman–Crippen LogP) is 5.62. The van der Waals surface area contributed by atoms with Crippen LogP contribution in [-0.2, 0) is 13.0 Å². The van der Waals surface area contributed by atoms with Crippen molar-refractivity contribution in [3.05, 3.63) is 122 Å². The molecule has 12 nitrogen and oxygen atoms in total. The molecule has 5 rings (SSSR count). The van der Waals surface area contributed by atoms with E-state index in [0.29, 0.717) is 44.4 Å². The molecular formula is C35H33ClN6O6. The number of ether oxygens (including phenoxy) is 3. The van der Waals surface area contributed by atoms with Gasteiger partial charge >= 0.3 is 12.0 Å². The average molecular weight is 669 g/mol. The number of aromatic carboxylic acids is 1. The molecule has 0 radical (unpaired) electrons. The second-order valence-corrected chi connectivity index (χ2v) is 11.7. The van der Waals surface area contributed by atoms with Gasteiger partial charge in [-0.05, 0) is 53.8 Å². The number of aromatic nitrogens is 5. The van der Waals surface area contributed by atoms with Gasteiger partial charge in [-0.3, -0.25) is 4.79 Å². The number of hydrogen-bond donors (Lipinski definition) is 1. The van der Waals surface area contributed by atoms with Crippen LogP contribution in [0.2, 0.25) is 5.02 Å². The van der Waals surface area contributed by atoms with Gasteiger partial charge in [0.25, 0.3) is 5.56 Å². The Morgan fingerprint density at radius 2 is 1.75 bits per heavy atom. The fourth-order valence-electron chi connectivity index (χ4n) is 5.67. The summed E-state index contributed by atoms with van der Waals surface area (Å²) < 4.78 is 18.9. The Hall–Kier alpha value is -5.67. The van der Waals surface area contributed by atoms with Crippen molar-refractivity contribution in [3.63, 3.8) is 0 Å². The lowest BCUT2D eigenvalue weighted by atomic mass is 9.82. The number of nitrogens with zero attached hydrogens (tertiary/aromatic N) is 6. The Morgan fingerprint density at radius 3 is 2.33 bits per heavy atom. The van der Waals surface area contributed by atoms with E-state index in [4.69, 9.17) is 25.8 Å². The van der Waals surface area contributed by atoms with Crippen LogP contribution in [0.5, 0.6) is 17.6 Å². The Kier molecular flexibility index (Phi) is 10.1. The third kappa shape index (κ3) is 6.86. The zero-order valence-corrected chi connectivity index (χ0v) is 27.7. The van der Waals surface area contributed by atoms with Gasteiger partial charge in [0.15, 0.2) is 5.69 Å². The van der Waals surface area contributed by atoms with E-state index in [9.17, 15) is 20.0 Å². The number of hydrogen-bond acceptors (Lipinski definition) is 9. The summed E-state index contributed by atoms with van der Waals surface area (Å²) in [5.41, 5.74) is 3.09. The molecule has 0 aliphatic carbocycles. The number of nitriles is 1. The summed E-state index contributed by atoms with van der Waals surface area (Å²) in [4.78, 5) is 35.4. The summed E-state index contributed by atoms with van der Waals surface area (Å²) in [7, 11) is 4.43. The van der Waals surface area contributed by atoms with Crippen molar-refractivity contribution in [1.82, 2.24) is 24.3 Å². The van der Waals surface area contributed by atoms with Gasteiger partial charge in [-0.25, -0.2) is 14.5 Å². The zero-order chi connectivity index (χ0) is 34.5. The van der Waals surface area contributed by atoms with Gasteiger partial charge in [-0.1, -0.05) is 49.7 Å². The van der Waals surface area contributed by atoms with Gasteiger partial charge < -0.3 is 23.9 Å². The summed E-state index contributed by atoms with van der Waals surface area (Å²) >= 11 is 6.59. The van der Waals surface area contributed by atoms with Crippen molar-refractivity contribution in [3.8, 4) is 29.4 Å². The summed E-state index contributed by atoms with van der Waals surface area (Å²) in [6.07, 6.45) is 3.10. The molecule has 3 aromatic heterocycles. The van der Waals surface area contributed by atoms with Crippen LogP contribution in [0.3, 0.4) is 0 Å². The van der Waals surface area contributed by atoms with Gasteiger partial charge in [0.05, 0.1) is 56.4 Å². The van der Waals surface area contributed by atoms with Crippen molar-refractivity contribution in [2.45, 2.75) is 38.6 Å². The van der Waals surface area contributed by atoms with Crippen LogP contribution >= 0.6 is 11.6 Å². The first-order chi connectivity index (χ1) is 23.1. The standard InChI is InChI=1S/C35H33ClN6O6/c1-20(2)31-29(30(34(44)45)40-42(31)28-17-38-35(48-5)39-32(28)47-4)27(23-10-6-21(16-37)7-11-23)15-24-14-25(36)19-41(33(24)43)18-22-8-12-26(46-3)13-9-22/h6-14,17,19-20,27H,15,18H2,1-5H3,(H,44,45). The van der Waals surface area contributed by atoms with Gasteiger partial charge in [0, 0.05) is 23.2 Å². The normalized spacial score (nSPS) is 11.6. The lowest BCUT2D eigenvalue weighted by Gasteiger charge is -2.22. The highest BCUT2D eigenvalue weighted by atomic mass is 35.5. The zero-order valence-electron chi connectivity index (χ0n) is 27.0. The summed E-state index contributed by atoms with van der Waals surface area (Å²) in [5, 5.41) is 24.9. The Balaban J connectivity index is 1.72. The van der Waals surface area contributed by atoms with E-state index < -0.39 is 11.9 Å². The first-order valence-electron chi connectivity index (χ1n) is 14.9. The van der Waals surface area contributed by atoms with E-state index in [1.54, 1.807) is 43.6 Å². The number of benzene rings is 2. The van der Waals surface area contributed by atoms with Crippen LogP contribution in [0.15, 0.2) is 71.8 Å². The van der Waals surface area contributed by atoms with Crippen molar-refractivity contribution < 1.29 is 24.1 Å². The van der Waals surface area contributed by atoms with Gasteiger partial charge in [0.2, 0.25) is 5.88 Å². The second-order valence-electron chi connectivity index (χ2n) is 11.2. The largest absolute Gasteiger partial charge is 0.497 e. The van der Waals surface area contributed by atoms with E-state index in [2.05, 4.69) is 21.1 Å². The van der Waals surface area contributed by atoms with E-state index in [1.807, 2.05) is 38.1 Å². The number of methoxy groups -OCH3 is 3. The molecule has 0 saturated heterocycles. The predicted molar refractivity (Wildman–Crippen MR) is 178 cm³/mol. The lowest BCUT2D eigenvalue weighted by Crippen LogP contribution is -2.26. The summed E-state index contributed by atoms with van der Waals surface area (Å²) in [6.45, 7) is 4.08. The van der Waals surface area contributed by atoms with Gasteiger partial charge in [-0.2, -0.15) is 15.3 Å². The Morgan fingerprint density at radius 1 is 1.04 bits per heavy atom. The highest BCUT2D eigenvalue weighted by molar-refractivity contribution is 6.30. The number of carboxylic acid groups (broad SMARTS) is 1. The number of carboxylic acids is 1. The van der Waals surface area contributed by atoms with Crippen LogP contribution in [0, 0.1) is 11.3 Å². The van der Waals surface area contributed by atoms with Crippen LogP contribution in [0.4, 0.5) is 0 Å². The molecule has 0 saturated carbocycles. The molecule has 2 aromatic carbocycles. The molecule has 0 bridgehead atoms. The molecule has 3 heterocycles. The first-order valence-corrected chi connectivity index (χ1v) is 15.3. The fourth-order valence-corrected chi connectivity index (χ4v) is 5.92. The highest BCUT2D eigenvalue weighted by Gasteiger charge is 2.33. The van der Waals surface area contributed by atoms with E-state index in [-0.39, 0.29) is 42.0 Å². The van der Waals surface area contributed by atoms with E-state index in [1.165, 1.54) is 29.7 Å². The smallest absolute Gasteiger partial charge is 0.356 e. The average Bonchev–Trinajstić information content (AvgIpc) is 3.50. The molecule has 1 unspecified atom stereocenters. The molecule has 0 amide bonds. The minimum Gasteiger partial charge on any atom is -0.497 e. The molecule has 0 spiro atoms. The van der Waals surface area contributed by atoms with Crippen LogP contribution in [0.1, 0.15) is 69.7 Å². The Bertz CT molecular complexity index is 2050. The molecule has 0 fully saturated rings.